The molecule has 0 saturated heterocycles. The quantitative estimate of drug-likeness (QED) is 0.107. The summed E-state index contributed by atoms with van der Waals surface area (Å²) in [7, 11) is 0. The molecule has 214 valence electrons. The number of aromatic nitrogens is 4. The third-order valence-electron chi connectivity index (χ3n) is 6.00. The van der Waals surface area contributed by atoms with Crippen LogP contribution >= 0.6 is 0 Å². The highest BCUT2D eigenvalue weighted by molar-refractivity contribution is 5.94. The van der Waals surface area contributed by atoms with Crippen molar-refractivity contribution in [3.8, 4) is 5.75 Å². The minimum atomic E-state index is -1.62. The molecule has 0 radical (unpaired) electrons. The number of benzene rings is 1. The summed E-state index contributed by atoms with van der Waals surface area (Å²) in [6.07, 6.45) is 4.29. The first-order valence-electron chi connectivity index (χ1n) is 12.3. The molecule has 5 atom stereocenters. The average Bonchev–Trinajstić information content (AvgIpc) is 3.61. The zero-order valence-corrected chi connectivity index (χ0v) is 21.6. The highest BCUT2D eigenvalue weighted by atomic mass is 16.4. The highest BCUT2D eigenvalue weighted by Gasteiger charge is 2.32. The Morgan fingerprint density at radius 3 is 1.80 bits per heavy atom. The molecule has 2 aromatic heterocycles. The van der Waals surface area contributed by atoms with E-state index in [-0.39, 0.29) is 25.0 Å². The van der Waals surface area contributed by atoms with Gasteiger partial charge in [-0.25, -0.2) is 14.8 Å². The van der Waals surface area contributed by atoms with E-state index >= 15 is 0 Å². The summed E-state index contributed by atoms with van der Waals surface area (Å²) in [5, 5.41) is 36.0. The number of amides is 3. The van der Waals surface area contributed by atoms with Crippen LogP contribution in [0.2, 0.25) is 0 Å². The molecule has 15 nitrogen and oxygen atoms in total. The molecule has 15 heteroatoms. The second kappa shape index (κ2) is 13.9. The lowest BCUT2D eigenvalue weighted by atomic mass is 10.0. The van der Waals surface area contributed by atoms with E-state index in [1.54, 1.807) is 12.1 Å². The number of carbonyl (C=O) groups excluding carboxylic acids is 3. The van der Waals surface area contributed by atoms with E-state index < -0.39 is 54.0 Å². The van der Waals surface area contributed by atoms with Crippen molar-refractivity contribution in [1.29, 1.82) is 0 Å². The van der Waals surface area contributed by atoms with E-state index in [4.69, 9.17) is 5.73 Å². The molecule has 0 fully saturated rings. The zero-order chi connectivity index (χ0) is 29.2. The molecule has 40 heavy (non-hydrogen) atoms. The van der Waals surface area contributed by atoms with Crippen molar-refractivity contribution < 1.29 is 34.5 Å². The van der Waals surface area contributed by atoms with Gasteiger partial charge in [0, 0.05) is 36.6 Å². The molecule has 0 saturated carbocycles. The number of imidazole rings is 2. The van der Waals surface area contributed by atoms with Crippen molar-refractivity contribution in [2.45, 2.75) is 56.5 Å². The number of aliphatic carboxylic acids is 1. The number of hydrogen-bond acceptors (Lipinski definition) is 9. The van der Waals surface area contributed by atoms with Crippen molar-refractivity contribution >= 4 is 23.7 Å². The van der Waals surface area contributed by atoms with Crippen LogP contribution in [0.25, 0.3) is 0 Å². The molecular weight excluding hydrogens is 524 g/mol. The average molecular weight is 557 g/mol. The SMILES string of the molecule is CC(O)C(NC(=O)C(Cc1cnc[nH]1)NC(=O)C(Cc1cnc[nH]1)NC(=O)C(N)Cc1ccc(O)cc1)C(=O)O. The minimum absolute atomic E-state index is 0.0205. The van der Waals surface area contributed by atoms with Crippen LogP contribution in [0.15, 0.2) is 49.3 Å². The van der Waals surface area contributed by atoms with Crippen LogP contribution in [0, 0.1) is 0 Å². The van der Waals surface area contributed by atoms with Gasteiger partial charge in [-0.1, -0.05) is 12.1 Å². The molecule has 10 N–H and O–H groups in total. The Hall–Kier alpha value is -4.76. The molecular formula is C25H32N8O7. The summed E-state index contributed by atoms with van der Waals surface area (Å²) in [6.45, 7) is 1.21. The van der Waals surface area contributed by atoms with Crippen molar-refractivity contribution in [3.05, 3.63) is 66.3 Å². The molecule has 0 aliphatic heterocycles. The number of aromatic hydroxyl groups is 1. The van der Waals surface area contributed by atoms with Gasteiger partial charge in [0.2, 0.25) is 17.7 Å². The Morgan fingerprint density at radius 1 is 0.850 bits per heavy atom. The number of aliphatic hydroxyl groups is 1. The molecule has 3 rings (SSSR count). The van der Waals surface area contributed by atoms with Gasteiger partial charge in [-0.15, -0.1) is 0 Å². The van der Waals surface area contributed by atoms with Crippen LogP contribution in [-0.4, -0.2) is 89.2 Å². The lowest BCUT2D eigenvalue weighted by Gasteiger charge is -2.25. The summed E-state index contributed by atoms with van der Waals surface area (Å²) in [5.41, 5.74) is 7.75. The van der Waals surface area contributed by atoms with Gasteiger partial charge in [-0.05, 0) is 31.0 Å². The summed E-state index contributed by atoms with van der Waals surface area (Å²) in [6, 6.07) is 1.03. The number of carboxylic acids is 1. The maximum absolute atomic E-state index is 13.4. The largest absolute Gasteiger partial charge is 0.508 e. The number of nitrogens with two attached hydrogens (primary N) is 1. The summed E-state index contributed by atoms with van der Waals surface area (Å²) in [4.78, 5) is 64.4. The van der Waals surface area contributed by atoms with Crippen molar-refractivity contribution in [1.82, 2.24) is 35.9 Å². The van der Waals surface area contributed by atoms with Crippen molar-refractivity contribution in [2.75, 3.05) is 0 Å². The van der Waals surface area contributed by atoms with Gasteiger partial charge in [0.05, 0.1) is 24.8 Å². The minimum Gasteiger partial charge on any atom is -0.508 e. The smallest absolute Gasteiger partial charge is 0.328 e. The second-order valence-corrected chi connectivity index (χ2v) is 9.23. The van der Waals surface area contributed by atoms with E-state index in [0.29, 0.717) is 17.0 Å². The number of aromatic amines is 2. The van der Waals surface area contributed by atoms with Gasteiger partial charge in [-0.3, -0.25) is 14.4 Å². The summed E-state index contributed by atoms with van der Waals surface area (Å²) < 4.78 is 0. The topological polar surface area (TPSA) is 248 Å². The number of H-pyrrole nitrogens is 2. The van der Waals surface area contributed by atoms with Crippen molar-refractivity contribution in [2.24, 2.45) is 5.73 Å². The summed E-state index contributed by atoms with van der Waals surface area (Å²) >= 11 is 0. The maximum atomic E-state index is 13.4. The number of nitrogens with one attached hydrogen (secondary N) is 5. The number of phenols is 1. The Morgan fingerprint density at radius 2 is 1.35 bits per heavy atom. The Labute approximate surface area is 228 Å². The van der Waals surface area contributed by atoms with Gasteiger partial charge in [-0.2, -0.15) is 0 Å². The molecule has 3 amide bonds. The van der Waals surface area contributed by atoms with Gasteiger partial charge >= 0.3 is 5.97 Å². The van der Waals surface area contributed by atoms with Crippen LogP contribution in [0.1, 0.15) is 23.9 Å². The normalized spacial score (nSPS) is 14.8. The van der Waals surface area contributed by atoms with Crippen LogP contribution in [-0.2, 0) is 38.4 Å². The molecule has 1 aromatic carbocycles. The Balaban J connectivity index is 1.77. The maximum Gasteiger partial charge on any atom is 0.328 e. The number of aliphatic hydroxyl groups excluding tert-OH is 1. The third kappa shape index (κ3) is 8.64. The van der Waals surface area contributed by atoms with Crippen LogP contribution in [0.4, 0.5) is 0 Å². The predicted octanol–water partition coefficient (Wildman–Crippen LogP) is -1.89. The fourth-order valence-corrected chi connectivity index (χ4v) is 3.82. The molecule has 3 aromatic rings. The standard InChI is InChI=1S/C25H32N8O7/c1-13(34)21(25(39)40)33-24(38)20(8-16-10-28-12-30-16)32-23(37)19(7-15-9-27-11-29-15)31-22(36)18(26)6-14-2-4-17(35)5-3-14/h2-5,9-13,18-21,34-35H,6-8,26H2,1H3,(H,27,29)(H,28,30)(H,31,36)(H,32,37)(H,33,38)(H,39,40). The Bertz CT molecular complexity index is 1260. The number of carbonyl (C=O) groups is 4. The van der Waals surface area contributed by atoms with Crippen molar-refractivity contribution in [3.63, 3.8) is 0 Å². The van der Waals surface area contributed by atoms with Crippen LogP contribution < -0.4 is 21.7 Å². The number of hydrogen-bond donors (Lipinski definition) is 9. The van der Waals surface area contributed by atoms with Gasteiger partial charge < -0.3 is 47.0 Å². The van der Waals surface area contributed by atoms with Gasteiger partial charge in [0.1, 0.15) is 17.8 Å². The summed E-state index contributed by atoms with van der Waals surface area (Å²) in [5.74, 6) is -3.64. The number of carboxylic acid groups (broad SMARTS) is 1. The van der Waals surface area contributed by atoms with E-state index in [2.05, 4.69) is 35.9 Å². The molecule has 5 unspecified atom stereocenters. The third-order valence-corrected chi connectivity index (χ3v) is 6.00. The predicted molar refractivity (Wildman–Crippen MR) is 139 cm³/mol. The van der Waals surface area contributed by atoms with E-state index in [1.165, 1.54) is 44.1 Å². The molecule has 0 aliphatic rings. The monoisotopic (exact) mass is 556 g/mol. The van der Waals surface area contributed by atoms with Crippen LogP contribution in [0.3, 0.4) is 0 Å². The zero-order valence-electron chi connectivity index (χ0n) is 21.6. The van der Waals surface area contributed by atoms with Crippen LogP contribution in [0.5, 0.6) is 5.75 Å². The lowest BCUT2D eigenvalue weighted by molar-refractivity contribution is -0.145. The first-order chi connectivity index (χ1) is 19.0. The molecule has 0 spiro atoms. The fraction of sp³-hybridized carbons (Fsp3) is 0.360. The number of nitrogens with zero attached hydrogens (tertiary/aromatic N) is 2. The number of phenolic OH excluding ortho intramolecular Hbond substituents is 1. The highest BCUT2D eigenvalue weighted by Crippen LogP contribution is 2.11. The fourth-order valence-electron chi connectivity index (χ4n) is 3.82. The molecule has 2 heterocycles. The van der Waals surface area contributed by atoms with E-state index in [0.717, 1.165) is 0 Å². The number of rotatable bonds is 14. The molecule has 0 aliphatic carbocycles. The molecule has 0 bridgehead atoms. The lowest BCUT2D eigenvalue weighted by Crippen LogP contribution is -2.59. The van der Waals surface area contributed by atoms with Gasteiger partial charge in [0.25, 0.3) is 0 Å². The first kappa shape index (κ1) is 29.8. The van der Waals surface area contributed by atoms with E-state index in [9.17, 15) is 34.5 Å². The second-order valence-electron chi connectivity index (χ2n) is 9.23. The Kier molecular flexibility index (Phi) is 10.3. The first-order valence-corrected chi connectivity index (χ1v) is 12.3. The van der Waals surface area contributed by atoms with E-state index in [1.807, 2.05) is 0 Å². The van der Waals surface area contributed by atoms with Gasteiger partial charge in [0.15, 0.2) is 6.04 Å².